The number of pyridine rings is 1. The van der Waals surface area contributed by atoms with Crippen LogP contribution in [0.1, 0.15) is 31.6 Å². The minimum atomic E-state index is -0.390. The van der Waals surface area contributed by atoms with Gasteiger partial charge in [-0.25, -0.2) is 14.4 Å². The minimum absolute atomic E-state index is 0.0102. The maximum absolute atomic E-state index is 14.5. The van der Waals surface area contributed by atoms with Gasteiger partial charge >= 0.3 is 0 Å². The van der Waals surface area contributed by atoms with Crippen molar-refractivity contribution in [2.45, 2.75) is 38.6 Å². The summed E-state index contributed by atoms with van der Waals surface area (Å²) in [6.07, 6.45) is 6.79. The number of anilines is 1. The van der Waals surface area contributed by atoms with Crippen molar-refractivity contribution < 1.29 is 13.6 Å². The van der Waals surface area contributed by atoms with Gasteiger partial charge in [0.2, 0.25) is 5.91 Å². The lowest BCUT2D eigenvalue weighted by molar-refractivity contribution is -0.121. The van der Waals surface area contributed by atoms with Crippen molar-refractivity contribution in [2.24, 2.45) is 5.92 Å². The summed E-state index contributed by atoms with van der Waals surface area (Å²) in [6, 6.07) is 5.47. The summed E-state index contributed by atoms with van der Waals surface area (Å²) in [5.41, 5.74) is 0.598. The van der Waals surface area contributed by atoms with Gasteiger partial charge in [-0.15, -0.1) is 0 Å². The molecular weight excluding hydrogens is 371 g/mol. The van der Waals surface area contributed by atoms with Gasteiger partial charge in [-0.05, 0) is 63.4 Å². The second kappa shape index (κ2) is 7.91. The van der Waals surface area contributed by atoms with Gasteiger partial charge in [0.05, 0.1) is 6.20 Å². The first-order chi connectivity index (χ1) is 13.9. The average molecular weight is 396 g/mol. The number of aromatic nitrogens is 2. The van der Waals surface area contributed by atoms with Crippen LogP contribution >= 0.6 is 0 Å². The number of nitrogens with zero attached hydrogens (tertiary/aromatic N) is 3. The third-order valence-electron chi connectivity index (χ3n) is 5.74. The highest BCUT2D eigenvalue weighted by Crippen LogP contribution is 2.30. The van der Waals surface area contributed by atoms with Crippen molar-refractivity contribution >= 4 is 22.5 Å². The highest BCUT2D eigenvalue weighted by Gasteiger charge is 2.27. The van der Waals surface area contributed by atoms with E-state index in [4.69, 9.17) is 4.42 Å². The number of fused-ring (bicyclic) bond motifs is 1. The van der Waals surface area contributed by atoms with Crippen LogP contribution < -0.4 is 5.32 Å². The number of hydrogen-bond donors (Lipinski definition) is 1. The van der Waals surface area contributed by atoms with Crippen LogP contribution in [0.25, 0.3) is 22.1 Å². The summed E-state index contributed by atoms with van der Waals surface area (Å²) in [5.74, 6) is 1.04. The first-order valence-corrected chi connectivity index (χ1v) is 9.90. The molecule has 1 amide bonds. The molecule has 0 radical (unpaired) electrons. The number of rotatable bonds is 4. The quantitative estimate of drug-likeness (QED) is 0.708. The molecule has 1 aliphatic rings. The van der Waals surface area contributed by atoms with E-state index >= 15 is 0 Å². The van der Waals surface area contributed by atoms with E-state index in [0.29, 0.717) is 39.8 Å². The lowest BCUT2D eigenvalue weighted by Crippen LogP contribution is -2.35. The molecule has 7 heteroatoms. The van der Waals surface area contributed by atoms with Crippen molar-refractivity contribution in [2.75, 3.05) is 19.4 Å². The Hall–Kier alpha value is -2.80. The normalized spacial score (nSPS) is 19.6. The monoisotopic (exact) mass is 396 g/mol. The largest absolute Gasteiger partial charge is 0.441 e. The Labute approximate surface area is 169 Å². The SMILES string of the molecule is Cc1ncc(-c2cc(F)c3cnc(NC(=O)C4CCC(N(C)C)CC4)cc3c2)o1. The summed E-state index contributed by atoms with van der Waals surface area (Å²) in [4.78, 5) is 23.2. The van der Waals surface area contributed by atoms with Crippen LogP contribution in [0.5, 0.6) is 0 Å². The van der Waals surface area contributed by atoms with Gasteiger partial charge in [-0.1, -0.05) is 0 Å². The molecule has 152 valence electrons. The summed E-state index contributed by atoms with van der Waals surface area (Å²) in [5, 5.41) is 3.96. The molecule has 0 unspecified atom stereocenters. The lowest BCUT2D eigenvalue weighted by atomic mass is 9.85. The summed E-state index contributed by atoms with van der Waals surface area (Å²) in [7, 11) is 4.16. The number of halogens is 1. The van der Waals surface area contributed by atoms with E-state index in [-0.39, 0.29) is 17.6 Å². The number of aryl methyl sites for hydroxylation is 1. The Bertz CT molecular complexity index is 1040. The second-order valence-electron chi connectivity index (χ2n) is 7.95. The fourth-order valence-electron chi connectivity index (χ4n) is 4.00. The van der Waals surface area contributed by atoms with E-state index in [1.807, 2.05) is 6.07 Å². The Morgan fingerprint density at radius 3 is 2.55 bits per heavy atom. The smallest absolute Gasteiger partial charge is 0.228 e. The molecule has 1 fully saturated rings. The standard InChI is InChI=1S/C22H25FN4O2/c1-13-24-12-20(29-13)16-8-15-10-21(25-11-18(15)19(23)9-16)26-22(28)14-4-6-17(7-5-14)27(2)3/h8-12,14,17H,4-7H2,1-3H3,(H,25,26,28). The molecule has 0 atom stereocenters. The van der Waals surface area contributed by atoms with Gasteiger partial charge in [-0.3, -0.25) is 4.79 Å². The number of benzene rings is 1. The number of hydrogen-bond acceptors (Lipinski definition) is 5. The maximum atomic E-state index is 14.5. The predicted octanol–water partition coefficient (Wildman–Crippen LogP) is 4.40. The number of carbonyl (C=O) groups is 1. The third-order valence-corrected chi connectivity index (χ3v) is 5.74. The molecule has 3 aromatic rings. The highest BCUT2D eigenvalue weighted by molar-refractivity contribution is 5.95. The molecular formula is C22H25FN4O2. The van der Waals surface area contributed by atoms with Crippen molar-refractivity contribution in [1.29, 1.82) is 0 Å². The first-order valence-electron chi connectivity index (χ1n) is 9.90. The Balaban J connectivity index is 1.53. The average Bonchev–Trinajstić information content (AvgIpc) is 3.14. The first kappa shape index (κ1) is 19.5. The summed E-state index contributed by atoms with van der Waals surface area (Å²) >= 11 is 0. The van der Waals surface area contributed by atoms with Crippen molar-refractivity contribution in [3.8, 4) is 11.3 Å². The predicted molar refractivity (Wildman–Crippen MR) is 110 cm³/mol. The molecule has 1 aromatic carbocycles. The molecule has 1 N–H and O–H groups in total. The molecule has 0 spiro atoms. The molecule has 0 bridgehead atoms. The van der Waals surface area contributed by atoms with Crippen LogP contribution in [0.3, 0.4) is 0 Å². The van der Waals surface area contributed by atoms with Gasteiger partial charge in [0, 0.05) is 36.0 Å². The van der Waals surface area contributed by atoms with E-state index < -0.39 is 0 Å². The van der Waals surface area contributed by atoms with Crippen LogP contribution in [0, 0.1) is 18.7 Å². The number of amides is 1. The van der Waals surface area contributed by atoms with Gasteiger partial charge in [0.15, 0.2) is 11.7 Å². The molecule has 0 saturated heterocycles. The fourth-order valence-corrected chi connectivity index (χ4v) is 4.00. The van der Waals surface area contributed by atoms with E-state index in [0.717, 1.165) is 25.7 Å². The van der Waals surface area contributed by atoms with Crippen molar-refractivity contribution in [3.63, 3.8) is 0 Å². The van der Waals surface area contributed by atoms with E-state index in [1.54, 1.807) is 19.2 Å². The molecule has 29 heavy (non-hydrogen) atoms. The van der Waals surface area contributed by atoms with Crippen molar-refractivity contribution in [3.05, 3.63) is 42.3 Å². The van der Waals surface area contributed by atoms with Gasteiger partial charge in [-0.2, -0.15) is 0 Å². The molecule has 6 nitrogen and oxygen atoms in total. The zero-order valence-electron chi connectivity index (χ0n) is 16.9. The van der Waals surface area contributed by atoms with E-state index in [1.165, 1.54) is 12.3 Å². The molecule has 1 saturated carbocycles. The maximum Gasteiger partial charge on any atom is 0.228 e. The van der Waals surface area contributed by atoms with Gasteiger partial charge in [0.25, 0.3) is 0 Å². The highest BCUT2D eigenvalue weighted by atomic mass is 19.1. The van der Waals surface area contributed by atoms with Gasteiger partial charge < -0.3 is 14.6 Å². The Morgan fingerprint density at radius 1 is 1.14 bits per heavy atom. The van der Waals surface area contributed by atoms with Crippen LogP contribution in [0.4, 0.5) is 10.2 Å². The summed E-state index contributed by atoms with van der Waals surface area (Å²) in [6.45, 7) is 1.74. The minimum Gasteiger partial charge on any atom is -0.441 e. The Kier molecular flexibility index (Phi) is 5.32. The molecule has 0 aliphatic heterocycles. The molecule has 2 heterocycles. The number of nitrogens with one attached hydrogen (secondary N) is 1. The van der Waals surface area contributed by atoms with Crippen LogP contribution in [-0.4, -0.2) is 40.9 Å². The number of oxazole rings is 1. The zero-order chi connectivity index (χ0) is 20.5. The molecule has 2 aromatic heterocycles. The van der Waals surface area contributed by atoms with Gasteiger partial charge in [0.1, 0.15) is 11.6 Å². The fraction of sp³-hybridized carbons (Fsp3) is 0.409. The Morgan fingerprint density at radius 2 is 1.90 bits per heavy atom. The van der Waals surface area contributed by atoms with Crippen molar-refractivity contribution in [1.82, 2.24) is 14.9 Å². The van der Waals surface area contributed by atoms with E-state index in [9.17, 15) is 9.18 Å². The van der Waals surface area contributed by atoms with Crippen LogP contribution in [0.2, 0.25) is 0 Å². The molecule has 1 aliphatic carbocycles. The van der Waals surface area contributed by atoms with E-state index in [2.05, 4.69) is 34.3 Å². The molecule has 4 rings (SSSR count). The van der Waals surface area contributed by atoms with Crippen LogP contribution in [-0.2, 0) is 4.79 Å². The second-order valence-corrected chi connectivity index (χ2v) is 7.95. The zero-order valence-corrected chi connectivity index (χ0v) is 16.9. The third kappa shape index (κ3) is 4.15. The lowest BCUT2D eigenvalue weighted by Gasteiger charge is -2.31. The number of carbonyl (C=O) groups excluding carboxylic acids is 1. The van der Waals surface area contributed by atoms with Crippen LogP contribution in [0.15, 0.2) is 35.0 Å². The topological polar surface area (TPSA) is 71.3 Å². The summed E-state index contributed by atoms with van der Waals surface area (Å²) < 4.78 is 20.0.